The second kappa shape index (κ2) is 12.4. The number of fused-ring (bicyclic) bond motifs is 1. The third-order valence-corrected chi connectivity index (χ3v) is 5.87. The lowest BCUT2D eigenvalue weighted by molar-refractivity contribution is 0.255. The topological polar surface area (TPSA) is 46.7 Å². The second-order valence-corrected chi connectivity index (χ2v) is 7.79. The Labute approximate surface area is 193 Å². The number of H-pyrrole nitrogens is 1. The van der Waals surface area contributed by atoms with Gasteiger partial charge in [0.25, 0.3) is 0 Å². The summed E-state index contributed by atoms with van der Waals surface area (Å²) < 4.78 is 0. The quantitative estimate of drug-likeness (QED) is 0.228. The molecular weight excluding hydrogens is 473 g/mol. The molecule has 0 radical (unpaired) electrons. The molecule has 3 rings (SSSR count). The van der Waals surface area contributed by atoms with Crippen molar-refractivity contribution >= 4 is 40.8 Å². The first-order valence-electron chi connectivity index (χ1n) is 11.1. The summed E-state index contributed by atoms with van der Waals surface area (Å²) >= 11 is 0. The first-order chi connectivity index (χ1) is 13.7. The molecule has 6 heteroatoms. The number of aliphatic imine (C=N–C) groups is 1. The highest BCUT2D eigenvalue weighted by molar-refractivity contribution is 14.0. The maximum absolute atomic E-state index is 4.94. The molecule has 2 aromatic rings. The molecule has 1 aliphatic rings. The third kappa shape index (κ3) is 6.60. The Balaban J connectivity index is 0.00000300. The van der Waals surface area contributed by atoms with Crippen molar-refractivity contribution in [2.75, 3.05) is 45.8 Å². The van der Waals surface area contributed by atoms with E-state index in [1.165, 1.54) is 29.4 Å². The van der Waals surface area contributed by atoms with Gasteiger partial charge in [0.05, 0.1) is 0 Å². The number of hydrogen-bond acceptors (Lipinski definition) is 2. The van der Waals surface area contributed by atoms with Crippen LogP contribution in [0.5, 0.6) is 0 Å². The van der Waals surface area contributed by atoms with E-state index in [9.17, 15) is 0 Å². The van der Waals surface area contributed by atoms with Crippen molar-refractivity contribution in [1.82, 2.24) is 20.1 Å². The molecule has 1 aromatic heterocycles. The predicted molar refractivity (Wildman–Crippen MR) is 135 cm³/mol. The highest BCUT2D eigenvalue weighted by Crippen LogP contribution is 2.20. The molecule has 162 valence electrons. The fraction of sp³-hybridized carbons (Fsp3) is 0.609. The summed E-state index contributed by atoms with van der Waals surface area (Å²) in [5, 5.41) is 4.85. The number of nitrogens with one attached hydrogen (secondary N) is 2. The minimum absolute atomic E-state index is 0. The summed E-state index contributed by atoms with van der Waals surface area (Å²) in [6.07, 6.45) is 5.57. The van der Waals surface area contributed by atoms with Crippen molar-refractivity contribution in [3.05, 3.63) is 36.0 Å². The summed E-state index contributed by atoms with van der Waals surface area (Å²) in [4.78, 5) is 13.3. The average molecular weight is 511 g/mol. The van der Waals surface area contributed by atoms with Crippen LogP contribution in [0.25, 0.3) is 10.9 Å². The summed E-state index contributed by atoms with van der Waals surface area (Å²) in [5.74, 6) is 1.86. The van der Waals surface area contributed by atoms with Gasteiger partial charge in [0.2, 0.25) is 0 Å². The van der Waals surface area contributed by atoms with E-state index in [0.29, 0.717) is 0 Å². The Morgan fingerprint density at radius 3 is 2.79 bits per heavy atom. The monoisotopic (exact) mass is 511 g/mol. The second-order valence-electron chi connectivity index (χ2n) is 7.79. The summed E-state index contributed by atoms with van der Waals surface area (Å²) in [6.45, 7) is 14.2. The SMILES string of the molecule is CCNC(=NCCCc1c[nH]c2ccccc12)N1CCC(CN(CC)CC)C1.I. The van der Waals surface area contributed by atoms with E-state index in [1.807, 2.05) is 0 Å². The highest BCUT2D eigenvalue weighted by Gasteiger charge is 2.25. The van der Waals surface area contributed by atoms with Crippen molar-refractivity contribution in [1.29, 1.82) is 0 Å². The standard InChI is InChI=1S/C23H37N5.HI/c1-4-24-23(28-15-13-19(18-28)17-27(5-2)6-3)25-14-9-10-20-16-26-22-12-8-7-11-21(20)22;/h7-8,11-12,16,19,26H,4-6,9-10,13-15,17-18H2,1-3H3,(H,24,25);1H. The predicted octanol–water partition coefficient (Wildman–Crippen LogP) is 4.35. The van der Waals surface area contributed by atoms with Crippen molar-refractivity contribution in [3.8, 4) is 0 Å². The van der Waals surface area contributed by atoms with Crippen LogP contribution in [0.1, 0.15) is 39.2 Å². The van der Waals surface area contributed by atoms with E-state index in [2.05, 4.69) is 71.3 Å². The number of likely N-dealkylation sites (tertiary alicyclic amines) is 1. The zero-order valence-corrected chi connectivity index (χ0v) is 20.6. The Bertz CT molecular complexity index is 753. The van der Waals surface area contributed by atoms with Gasteiger partial charge in [-0.2, -0.15) is 0 Å². The maximum atomic E-state index is 4.94. The van der Waals surface area contributed by atoms with Gasteiger partial charge in [-0.15, -0.1) is 24.0 Å². The third-order valence-electron chi connectivity index (χ3n) is 5.87. The minimum Gasteiger partial charge on any atom is -0.361 e. The number of hydrogen-bond donors (Lipinski definition) is 2. The van der Waals surface area contributed by atoms with E-state index in [-0.39, 0.29) is 24.0 Å². The average Bonchev–Trinajstić information content (AvgIpc) is 3.35. The van der Waals surface area contributed by atoms with Gasteiger partial charge in [-0.3, -0.25) is 4.99 Å². The normalized spacial score (nSPS) is 17.2. The zero-order valence-electron chi connectivity index (χ0n) is 18.3. The molecular formula is C23H38IN5. The van der Waals surface area contributed by atoms with E-state index in [0.717, 1.165) is 64.0 Å². The van der Waals surface area contributed by atoms with E-state index in [4.69, 9.17) is 4.99 Å². The number of rotatable bonds is 9. The molecule has 1 aromatic carbocycles. The smallest absolute Gasteiger partial charge is 0.193 e. The molecule has 0 amide bonds. The molecule has 0 spiro atoms. The van der Waals surface area contributed by atoms with Crippen LogP contribution < -0.4 is 5.32 Å². The van der Waals surface area contributed by atoms with Crippen molar-refractivity contribution in [2.45, 2.75) is 40.0 Å². The fourth-order valence-electron chi connectivity index (χ4n) is 4.24. The number of aryl methyl sites for hydroxylation is 1. The Hall–Kier alpha value is -1.28. The Morgan fingerprint density at radius 2 is 2.03 bits per heavy atom. The van der Waals surface area contributed by atoms with Gasteiger partial charge in [0, 0.05) is 49.8 Å². The lowest BCUT2D eigenvalue weighted by Crippen LogP contribution is -2.41. The number of halogens is 1. The molecule has 1 unspecified atom stereocenters. The van der Waals surface area contributed by atoms with Gasteiger partial charge in [0.1, 0.15) is 0 Å². The number of aromatic nitrogens is 1. The molecule has 2 N–H and O–H groups in total. The first kappa shape index (κ1) is 24.0. The maximum Gasteiger partial charge on any atom is 0.193 e. The van der Waals surface area contributed by atoms with Gasteiger partial charge >= 0.3 is 0 Å². The van der Waals surface area contributed by atoms with Crippen molar-refractivity contribution in [3.63, 3.8) is 0 Å². The molecule has 1 aliphatic heterocycles. The number of aromatic amines is 1. The van der Waals surface area contributed by atoms with Gasteiger partial charge in [0.15, 0.2) is 5.96 Å². The minimum atomic E-state index is 0. The van der Waals surface area contributed by atoms with E-state index in [1.54, 1.807) is 0 Å². The molecule has 1 saturated heterocycles. The molecule has 0 aliphatic carbocycles. The van der Waals surface area contributed by atoms with E-state index < -0.39 is 0 Å². The Morgan fingerprint density at radius 1 is 1.24 bits per heavy atom. The van der Waals surface area contributed by atoms with Crippen LogP contribution in [-0.4, -0.2) is 66.6 Å². The van der Waals surface area contributed by atoms with Gasteiger partial charge in [-0.05, 0) is 56.8 Å². The first-order valence-corrected chi connectivity index (χ1v) is 11.1. The zero-order chi connectivity index (χ0) is 19.8. The fourth-order valence-corrected chi connectivity index (χ4v) is 4.24. The number of para-hydroxylation sites is 1. The molecule has 2 heterocycles. The van der Waals surface area contributed by atoms with Gasteiger partial charge < -0.3 is 20.1 Å². The van der Waals surface area contributed by atoms with Crippen LogP contribution in [0.3, 0.4) is 0 Å². The summed E-state index contributed by atoms with van der Waals surface area (Å²) in [6, 6.07) is 8.54. The van der Waals surface area contributed by atoms with Gasteiger partial charge in [-0.1, -0.05) is 32.0 Å². The van der Waals surface area contributed by atoms with Crippen LogP contribution in [-0.2, 0) is 6.42 Å². The molecule has 0 saturated carbocycles. The lowest BCUT2D eigenvalue weighted by atomic mass is 10.1. The summed E-state index contributed by atoms with van der Waals surface area (Å²) in [7, 11) is 0. The Kier molecular flexibility index (Phi) is 10.3. The molecule has 5 nitrogen and oxygen atoms in total. The van der Waals surface area contributed by atoms with Gasteiger partial charge in [-0.25, -0.2) is 0 Å². The lowest BCUT2D eigenvalue weighted by Gasteiger charge is -2.24. The molecule has 0 bridgehead atoms. The van der Waals surface area contributed by atoms with Crippen LogP contribution in [0.2, 0.25) is 0 Å². The van der Waals surface area contributed by atoms with Crippen molar-refractivity contribution in [2.24, 2.45) is 10.9 Å². The largest absolute Gasteiger partial charge is 0.361 e. The molecule has 29 heavy (non-hydrogen) atoms. The molecule has 1 atom stereocenters. The number of nitrogens with zero attached hydrogens (tertiary/aromatic N) is 3. The summed E-state index contributed by atoms with van der Waals surface area (Å²) in [5.41, 5.74) is 2.63. The number of guanidine groups is 1. The van der Waals surface area contributed by atoms with E-state index >= 15 is 0 Å². The molecule has 1 fully saturated rings. The van der Waals surface area contributed by atoms with Crippen molar-refractivity contribution < 1.29 is 0 Å². The van der Waals surface area contributed by atoms with Crippen LogP contribution in [0, 0.1) is 5.92 Å². The number of benzene rings is 1. The highest BCUT2D eigenvalue weighted by atomic mass is 127. The van der Waals surface area contributed by atoms with Crippen LogP contribution >= 0.6 is 24.0 Å². The van der Waals surface area contributed by atoms with Crippen LogP contribution in [0.4, 0.5) is 0 Å². The van der Waals surface area contributed by atoms with Crippen LogP contribution in [0.15, 0.2) is 35.5 Å².